The highest BCUT2D eigenvalue weighted by Crippen LogP contribution is 2.75. The summed E-state index contributed by atoms with van der Waals surface area (Å²) in [6, 6.07) is 0. The molecule has 11 aliphatic carbocycles. The standard InChI is InChI=1S/C28H46O6.C28H46O5.C27H44O6.C22H38O5/c1-9-15(2)14-20(29)33-23-24(30)28(8,31)17(4)32-25(23)34-27(7)13-12-19-22(26(19,5)6)21-16(3)10-11-18(21)27;1-9-15(2)14-21(29)32-25-24(30)17(4)18(5)31-26(25)33-28(8)13-12-20-23(27(20,6)7)22-16(3)10-11-19(22)28;1-8-16(2)14-21(28)32-24-23(30)22(29)18(4)31-25(24)33-26(5,6)19-11-13-27(7)12-9-10-17(3)20(27)15-19;1-11-7-8-13-15(11)16-14(20(16,3)4)9-10-21(13,5)27-19-17(23)18(24)22(6,25)12(2)26-19/h14,16-19,21-25,30-31H,9-13H2,1-8H3;14,16-20,22-26,30H,9-13H2,1-8H3;14,18-20,22-25,29-30H,3,8-13,15H2,1-2,4-7H3;11-19,23-25H,7-10H2,1-6H3/b2*15-14+;16-14+;. The monoisotopic (exact) mass is 1790 g/mol. The number of esters is 3. The van der Waals surface area contributed by atoms with Crippen LogP contribution in [0.4, 0.5) is 0 Å². The SMILES string of the molecule is C=C1CCCC2(C)CCC(C(C)(C)OC3OC(C)C(O)C(O)C3OC(=O)/C=C(\C)CC)CC12.CC/C(C)=C/C(=O)OC1C(OC2(C)CCC3C(C4C(C)CCC42)C3(C)C)OC(C)C(C)(O)C1O.CC/C(C)=C/C(=O)OC1C(OC2(C)CCC3C(C4C(C)CCC42)C3(C)C)OC(C)C(C)C1O.CC1CCC2C1C1C(CCC2(C)OC2OC(C)C(C)(O)C(O)C2O)C1(C)C. The van der Waals surface area contributed by atoms with E-state index in [2.05, 4.69) is 110 Å². The summed E-state index contributed by atoms with van der Waals surface area (Å²) >= 11 is 0. The zero-order valence-electron chi connectivity index (χ0n) is 83.3. The highest BCUT2D eigenvalue weighted by Gasteiger charge is 2.72. The Balaban J connectivity index is 0.000000154. The largest absolute Gasteiger partial charge is 0.451 e. The maximum atomic E-state index is 12.6. The van der Waals surface area contributed by atoms with Crippen molar-refractivity contribution in [1.29, 1.82) is 0 Å². The summed E-state index contributed by atoms with van der Waals surface area (Å²) in [6.07, 6.45) is 10.9. The van der Waals surface area contributed by atoms with Crippen molar-refractivity contribution in [2.45, 2.75) is 467 Å². The smallest absolute Gasteiger partial charge is 0.331 e. The second-order valence-electron chi connectivity index (χ2n) is 47.5. The van der Waals surface area contributed by atoms with E-state index in [1.54, 1.807) is 20.8 Å². The Kier molecular flexibility index (Phi) is 31.0. The summed E-state index contributed by atoms with van der Waals surface area (Å²) in [6.45, 7) is 62.9. The van der Waals surface area contributed by atoms with Crippen molar-refractivity contribution in [3.05, 3.63) is 47.1 Å². The Morgan fingerprint density at radius 3 is 1.22 bits per heavy atom. The summed E-state index contributed by atoms with van der Waals surface area (Å²) in [7, 11) is 0. The lowest BCUT2D eigenvalue weighted by molar-refractivity contribution is -0.347. The number of allylic oxidation sites excluding steroid dienone is 4. The molecule has 22 heteroatoms. The van der Waals surface area contributed by atoms with Gasteiger partial charge in [0.25, 0.3) is 0 Å². The van der Waals surface area contributed by atoms with Crippen molar-refractivity contribution in [3.63, 3.8) is 0 Å². The first-order valence-corrected chi connectivity index (χ1v) is 50.1. The van der Waals surface area contributed by atoms with Gasteiger partial charge in [-0.05, 0) is 335 Å². The maximum Gasteiger partial charge on any atom is 0.331 e. The third-order valence-electron chi connectivity index (χ3n) is 38.0. The predicted molar refractivity (Wildman–Crippen MR) is 487 cm³/mol. The highest BCUT2D eigenvalue weighted by molar-refractivity contribution is 5.84. The second-order valence-corrected chi connectivity index (χ2v) is 47.5. The first-order chi connectivity index (χ1) is 58.9. The van der Waals surface area contributed by atoms with Gasteiger partial charge < -0.3 is 93.0 Å². The number of hydrogen-bond donors (Lipinski definition) is 8. The fourth-order valence-electron chi connectivity index (χ4n) is 27.9. The van der Waals surface area contributed by atoms with Crippen LogP contribution in [0.3, 0.4) is 0 Å². The van der Waals surface area contributed by atoms with Gasteiger partial charge in [0.1, 0.15) is 47.8 Å². The van der Waals surface area contributed by atoms with E-state index in [4.69, 9.17) is 52.1 Å². The molecule has 0 bridgehead atoms. The average Bonchev–Trinajstić information content (AvgIpc) is 1.54. The number of carbonyl (C=O) groups excluding carboxylic acids is 3. The molecule has 0 spiro atoms. The van der Waals surface area contributed by atoms with Gasteiger partial charge in [0.05, 0.1) is 46.8 Å². The topological polar surface area (TPSA) is 315 Å². The van der Waals surface area contributed by atoms with Crippen molar-refractivity contribution in [2.75, 3.05) is 0 Å². The number of ether oxygens (including phenoxy) is 11. The van der Waals surface area contributed by atoms with Crippen molar-refractivity contribution in [3.8, 4) is 0 Å². The van der Waals surface area contributed by atoms with Crippen molar-refractivity contribution in [2.24, 2.45) is 128 Å². The van der Waals surface area contributed by atoms with Gasteiger partial charge in [0, 0.05) is 24.1 Å². The third-order valence-corrected chi connectivity index (χ3v) is 38.0. The number of rotatable bonds is 18. The molecule has 4 saturated heterocycles. The van der Waals surface area contributed by atoms with E-state index in [0.717, 1.165) is 149 Å². The van der Waals surface area contributed by atoms with Crippen LogP contribution in [0.1, 0.15) is 329 Å². The molecule has 0 aromatic carbocycles. The quantitative estimate of drug-likeness (QED) is 0.0274. The molecule has 0 aromatic heterocycles. The number of carbonyl (C=O) groups is 3. The first-order valence-electron chi connectivity index (χ1n) is 50.1. The van der Waals surface area contributed by atoms with Gasteiger partial charge in [0.2, 0.25) is 0 Å². The van der Waals surface area contributed by atoms with E-state index >= 15 is 0 Å². The van der Waals surface area contributed by atoms with Crippen LogP contribution in [-0.2, 0) is 66.5 Å². The summed E-state index contributed by atoms with van der Waals surface area (Å²) in [5.74, 6) is 8.93. The Hall–Kier alpha value is -3.27. The van der Waals surface area contributed by atoms with Crippen LogP contribution in [0.2, 0.25) is 0 Å². The Morgan fingerprint density at radius 1 is 0.433 bits per heavy atom. The van der Waals surface area contributed by atoms with Gasteiger partial charge in [-0.1, -0.05) is 145 Å². The lowest BCUT2D eigenvalue weighted by Gasteiger charge is -2.52. The van der Waals surface area contributed by atoms with Crippen LogP contribution >= 0.6 is 0 Å². The van der Waals surface area contributed by atoms with Crippen LogP contribution in [0, 0.1) is 128 Å². The summed E-state index contributed by atoms with van der Waals surface area (Å²) in [5, 5.41) is 85.5. The third kappa shape index (κ3) is 20.3. The molecule has 22 nitrogen and oxygen atoms in total. The zero-order chi connectivity index (χ0) is 94.0. The van der Waals surface area contributed by atoms with Crippen molar-refractivity contribution < 1.29 is 107 Å². The summed E-state index contributed by atoms with van der Waals surface area (Å²) < 4.78 is 68.0. The number of hydrogen-bond acceptors (Lipinski definition) is 22. The Labute approximate surface area is 763 Å². The normalized spacial score (nSPS) is 49.3. The minimum Gasteiger partial charge on any atom is -0.451 e. The molecule has 0 aromatic rings. The molecule has 15 rings (SSSR count). The van der Waals surface area contributed by atoms with Crippen LogP contribution < -0.4 is 0 Å². The van der Waals surface area contributed by atoms with Gasteiger partial charge >= 0.3 is 17.9 Å². The molecule has 4 heterocycles. The predicted octanol–water partition coefficient (Wildman–Crippen LogP) is 17.5. The lowest BCUT2D eigenvalue weighted by atomic mass is 9.55. The number of aliphatic hydroxyl groups excluding tert-OH is 6. The average molecular weight is 1790 g/mol. The summed E-state index contributed by atoms with van der Waals surface area (Å²) in [4.78, 5) is 37.7. The molecule has 0 amide bonds. The van der Waals surface area contributed by atoms with E-state index in [9.17, 15) is 55.2 Å². The molecule has 4 aliphatic heterocycles. The van der Waals surface area contributed by atoms with E-state index in [-0.39, 0.29) is 29.1 Å². The van der Waals surface area contributed by atoms with E-state index in [0.29, 0.717) is 80.8 Å². The first kappa shape index (κ1) is 103. The van der Waals surface area contributed by atoms with E-state index in [1.165, 1.54) is 76.2 Å². The second kappa shape index (κ2) is 38.4. The van der Waals surface area contributed by atoms with Crippen molar-refractivity contribution >= 4 is 17.9 Å². The van der Waals surface area contributed by atoms with Gasteiger partial charge in [-0.25, -0.2) is 14.4 Å². The van der Waals surface area contributed by atoms with Crippen LogP contribution in [0.5, 0.6) is 0 Å². The molecule has 15 aliphatic rings. The molecule has 41 atom stereocenters. The van der Waals surface area contributed by atoms with Gasteiger partial charge in [0.15, 0.2) is 43.5 Å². The molecule has 11 saturated carbocycles. The molecule has 726 valence electrons. The van der Waals surface area contributed by atoms with Gasteiger partial charge in [-0.15, -0.1) is 0 Å². The van der Waals surface area contributed by atoms with E-state index in [1.807, 2.05) is 55.4 Å². The highest BCUT2D eigenvalue weighted by atomic mass is 16.7. The molecule has 41 unspecified atom stereocenters. The molecule has 0 radical (unpaired) electrons. The van der Waals surface area contributed by atoms with Crippen LogP contribution in [0.25, 0.3) is 0 Å². The van der Waals surface area contributed by atoms with Gasteiger partial charge in [-0.2, -0.15) is 0 Å². The Bertz CT molecular complexity index is 3920. The molecule has 8 N–H and O–H groups in total. The zero-order valence-corrected chi connectivity index (χ0v) is 83.3. The lowest BCUT2D eigenvalue weighted by Crippen LogP contribution is -2.66. The van der Waals surface area contributed by atoms with Crippen LogP contribution in [-0.4, -0.2) is 197 Å². The fraction of sp³-hybridized carbons (Fsp3) is 0.895. The van der Waals surface area contributed by atoms with E-state index < -0.39 is 139 Å². The molecular formula is C105H174O22. The maximum absolute atomic E-state index is 12.6. The number of fused-ring (bicyclic) bond motifs is 10. The Morgan fingerprint density at radius 2 is 0.803 bits per heavy atom. The minimum absolute atomic E-state index is 0.145. The fourth-order valence-corrected chi connectivity index (χ4v) is 27.9. The molecule has 127 heavy (non-hydrogen) atoms. The van der Waals surface area contributed by atoms with Crippen LogP contribution in [0.15, 0.2) is 47.1 Å². The van der Waals surface area contributed by atoms with Gasteiger partial charge in [-0.3, -0.25) is 0 Å². The van der Waals surface area contributed by atoms with Crippen molar-refractivity contribution in [1.82, 2.24) is 0 Å². The minimum atomic E-state index is -1.56. The molecular weight excluding hydrogens is 1610 g/mol. The number of aliphatic hydroxyl groups is 8. The molecule has 15 fully saturated rings. The summed E-state index contributed by atoms with van der Waals surface area (Å²) in [5.41, 5.74) is 0.890.